The van der Waals surface area contributed by atoms with Gasteiger partial charge >= 0.3 is 0 Å². The highest BCUT2D eigenvalue weighted by Crippen LogP contribution is 2.18. The van der Waals surface area contributed by atoms with Crippen LogP contribution >= 0.6 is 0 Å². The molecule has 1 atom stereocenters. The van der Waals surface area contributed by atoms with Crippen LogP contribution in [0.25, 0.3) is 23.2 Å². The fourth-order valence-electron chi connectivity index (χ4n) is 2.15. The van der Waals surface area contributed by atoms with Crippen molar-refractivity contribution in [3.8, 4) is 5.75 Å². The lowest BCUT2D eigenvalue weighted by molar-refractivity contribution is -0.785. The minimum Gasteiger partial charge on any atom is -0.506 e. The Labute approximate surface area is 87.0 Å². The first kappa shape index (κ1) is 8.56. The number of aromatic nitrogens is 1. The molecule has 0 fully saturated rings. The van der Waals surface area contributed by atoms with Gasteiger partial charge in [-0.25, -0.2) is 0 Å². The number of nitrogens with one attached hydrogen (secondary N) is 2. The molecule has 1 aromatic carbocycles. The molecule has 2 aromatic rings. The summed E-state index contributed by atoms with van der Waals surface area (Å²) in [5.74, 6) is 0.321. The van der Waals surface area contributed by atoms with E-state index in [0.717, 1.165) is 22.8 Å². The molecule has 76 valence electrons. The Morgan fingerprint density at radius 1 is 1.40 bits per heavy atom. The van der Waals surface area contributed by atoms with Crippen molar-refractivity contribution in [1.82, 2.24) is 4.98 Å². The number of quaternary nitrogens is 1. The van der Waals surface area contributed by atoms with Gasteiger partial charge in [0, 0.05) is 10.6 Å². The molecule has 0 spiro atoms. The van der Waals surface area contributed by atoms with E-state index in [1.165, 1.54) is 10.1 Å². The molecule has 3 nitrogen and oxygen atoms in total. The molecule has 0 amide bonds. The SMILES string of the molecule is C[NH+]1C=c2[nH]c3c(O)cccc3c2=CC1. The number of aromatic amines is 1. The van der Waals surface area contributed by atoms with Crippen LogP contribution in [0.1, 0.15) is 0 Å². The van der Waals surface area contributed by atoms with Crippen LogP contribution in [0.2, 0.25) is 0 Å². The van der Waals surface area contributed by atoms with E-state index in [2.05, 4.69) is 24.3 Å². The molecular weight excluding hydrogens is 188 g/mol. The summed E-state index contributed by atoms with van der Waals surface area (Å²) in [5, 5.41) is 13.1. The first-order valence-corrected chi connectivity index (χ1v) is 5.10. The average molecular weight is 201 g/mol. The van der Waals surface area contributed by atoms with Gasteiger partial charge in [0.15, 0.2) is 0 Å². The minimum atomic E-state index is 0.321. The van der Waals surface area contributed by atoms with Gasteiger partial charge in [-0.05, 0) is 12.1 Å². The molecule has 1 aliphatic heterocycles. The maximum absolute atomic E-state index is 9.72. The summed E-state index contributed by atoms with van der Waals surface area (Å²) in [6.07, 6.45) is 4.36. The van der Waals surface area contributed by atoms with Gasteiger partial charge in [0.05, 0.1) is 12.6 Å². The lowest BCUT2D eigenvalue weighted by Gasteiger charge is -2.06. The molecule has 0 bridgehead atoms. The van der Waals surface area contributed by atoms with Crippen molar-refractivity contribution >= 4 is 23.2 Å². The number of aromatic hydroxyl groups is 1. The smallest absolute Gasteiger partial charge is 0.139 e. The van der Waals surface area contributed by atoms with E-state index in [1.54, 1.807) is 6.07 Å². The van der Waals surface area contributed by atoms with Crippen molar-refractivity contribution < 1.29 is 10.0 Å². The van der Waals surface area contributed by atoms with Crippen LogP contribution in [0.4, 0.5) is 0 Å². The van der Waals surface area contributed by atoms with E-state index in [-0.39, 0.29) is 0 Å². The van der Waals surface area contributed by atoms with Crippen molar-refractivity contribution in [2.75, 3.05) is 13.6 Å². The molecule has 1 aromatic heterocycles. The first-order chi connectivity index (χ1) is 7.25. The van der Waals surface area contributed by atoms with E-state index in [4.69, 9.17) is 0 Å². The quantitative estimate of drug-likeness (QED) is 0.498. The molecule has 15 heavy (non-hydrogen) atoms. The Bertz CT molecular complexity index is 639. The fourth-order valence-corrected chi connectivity index (χ4v) is 2.15. The molecule has 0 aliphatic carbocycles. The highest BCUT2D eigenvalue weighted by atomic mass is 16.3. The molecule has 2 heterocycles. The molecule has 3 N–H and O–H groups in total. The second-order valence-electron chi connectivity index (χ2n) is 4.05. The summed E-state index contributed by atoms with van der Waals surface area (Å²) < 4.78 is 0. The Hall–Kier alpha value is -1.74. The van der Waals surface area contributed by atoms with Gasteiger partial charge in [0.1, 0.15) is 23.8 Å². The molecular formula is C12H13N2O+. The number of rotatable bonds is 0. The van der Waals surface area contributed by atoms with Gasteiger partial charge < -0.3 is 15.0 Å². The highest BCUT2D eigenvalue weighted by Gasteiger charge is 2.09. The minimum absolute atomic E-state index is 0.321. The Morgan fingerprint density at radius 3 is 3.13 bits per heavy atom. The van der Waals surface area contributed by atoms with E-state index in [0.29, 0.717) is 5.75 Å². The number of phenolic OH excluding ortho intramolecular Hbond substituents is 1. The second kappa shape index (κ2) is 2.87. The van der Waals surface area contributed by atoms with Crippen molar-refractivity contribution in [2.45, 2.75) is 0 Å². The van der Waals surface area contributed by atoms with E-state index >= 15 is 0 Å². The van der Waals surface area contributed by atoms with Crippen molar-refractivity contribution in [3.05, 3.63) is 28.8 Å². The first-order valence-electron chi connectivity index (χ1n) is 5.10. The number of fused-ring (bicyclic) bond motifs is 3. The standard InChI is InChI=1S/C12H12N2O/c1-14-6-5-8-9-3-2-4-11(15)12(9)13-10(8)7-14/h2-5,7,13,15H,6H2,1H3/p+1. The number of hydrogen-bond donors (Lipinski definition) is 3. The predicted octanol–water partition coefficient (Wildman–Crippen LogP) is -1.08. The normalized spacial score (nSPS) is 19.4. The summed E-state index contributed by atoms with van der Waals surface area (Å²) in [7, 11) is 2.12. The van der Waals surface area contributed by atoms with E-state index < -0.39 is 0 Å². The summed E-state index contributed by atoms with van der Waals surface area (Å²) in [6, 6.07) is 5.63. The summed E-state index contributed by atoms with van der Waals surface area (Å²) in [4.78, 5) is 4.60. The Kier molecular flexibility index (Phi) is 1.64. The zero-order valence-corrected chi connectivity index (χ0v) is 8.54. The molecule has 1 unspecified atom stereocenters. The third-order valence-corrected chi connectivity index (χ3v) is 2.90. The van der Waals surface area contributed by atoms with Crippen LogP contribution in [0.5, 0.6) is 5.75 Å². The highest BCUT2D eigenvalue weighted by molar-refractivity contribution is 5.86. The molecule has 0 saturated heterocycles. The number of para-hydroxylation sites is 1. The number of benzene rings is 1. The van der Waals surface area contributed by atoms with Gasteiger partial charge in [-0.1, -0.05) is 12.1 Å². The van der Waals surface area contributed by atoms with Gasteiger partial charge in [-0.15, -0.1) is 0 Å². The van der Waals surface area contributed by atoms with Gasteiger partial charge in [0.25, 0.3) is 0 Å². The number of H-pyrrole nitrogens is 1. The molecule has 3 heteroatoms. The van der Waals surface area contributed by atoms with Crippen LogP contribution in [0, 0.1) is 0 Å². The zero-order chi connectivity index (χ0) is 10.4. The largest absolute Gasteiger partial charge is 0.506 e. The van der Waals surface area contributed by atoms with Gasteiger partial charge in [-0.2, -0.15) is 0 Å². The average Bonchev–Trinajstić information content (AvgIpc) is 2.57. The van der Waals surface area contributed by atoms with Crippen molar-refractivity contribution in [3.63, 3.8) is 0 Å². The fraction of sp³-hybridized carbons (Fsp3) is 0.167. The topological polar surface area (TPSA) is 40.5 Å². The summed E-state index contributed by atoms with van der Waals surface area (Å²) in [5.41, 5.74) is 0.838. The molecule has 0 saturated carbocycles. The lowest BCUT2D eigenvalue weighted by atomic mass is 10.2. The number of phenols is 1. The third-order valence-electron chi connectivity index (χ3n) is 2.90. The third kappa shape index (κ3) is 1.17. The van der Waals surface area contributed by atoms with Crippen molar-refractivity contribution in [2.24, 2.45) is 0 Å². The van der Waals surface area contributed by atoms with Crippen LogP contribution < -0.4 is 15.5 Å². The van der Waals surface area contributed by atoms with Crippen LogP contribution in [0.15, 0.2) is 18.2 Å². The van der Waals surface area contributed by atoms with Crippen LogP contribution in [0.3, 0.4) is 0 Å². The summed E-state index contributed by atoms with van der Waals surface area (Å²) >= 11 is 0. The number of hydrogen-bond acceptors (Lipinski definition) is 1. The summed E-state index contributed by atoms with van der Waals surface area (Å²) in [6.45, 7) is 0.996. The maximum Gasteiger partial charge on any atom is 0.139 e. The van der Waals surface area contributed by atoms with E-state index in [9.17, 15) is 5.11 Å². The van der Waals surface area contributed by atoms with Gasteiger partial charge in [0.2, 0.25) is 0 Å². The molecule has 0 radical (unpaired) electrons. The Balaban J connectivity index is 2.53. The van der Waals surface area contributed by atoms with E-state index in [1.807, 2.05) is 12.1 Å². The van der Waals surface area contributed by atoms with Crippen LogP contribution in [-0.4, -0.2) is 23.7 Å². The maximum atomic E-state index is 9.72. The van der Waals surface area contributed by atoms with Crippen molar-refractivity contribution in [1.29, 1.82) is 0 Å². The predicted molar refractivity (Wildman–Crippen MR) is 59.9 cm³/mol. The monoisotopic (exact) mass is 201 g/mol. The lowest BCUT2D eigenvalue weighted by Crippen LogP contribution is -3.04. The Morgan fingerprint density at radius 2 is 2.27 bits per heavy atom. The molecule has 3 rings (SSSR count). The zero-order valence-electron chi connectivity index (χ0n) is 8.54. The second-order valence-corrected chi connectivity index (χ2v) is 4.05. The molecule has 1 aliphatic rings. The van der Waals surface area contributed by atoms with Crippen LogP contribution in [-0.2, 0) is 0 Å². The van der Waals surface area contributed by atoms with Gasteiger partial charge in [-0.3, -0.25) is 0 Å².